The molecule has 7 nitrogen and oxygen atoms in total. The number of carbonyl (C=O) groups excluding carboxylic acids is 1. The maximum Gasteiger partial charge on any atom is 0.318 e. The molecule has 0 atom stereocenters. The number of aromatic nitrogens is 3. The molecule has 4 aromatic rings. The van der Waals surface area contributed by atoms with Crippen molar-refractivity contribution in [2.45, 2.75) is 27.2 Å². The molecule has 2 heterocycles. The van der Waals surface area contributed by atoms with Crippen molar-refractivity contribution in [1.82, 2.24) is 19.7 Å². The van der Waals surface area contributed by atoms with Gasteiger partial charge in [-0.1, -0.05) is 19.1 Å². The highest BCUT2D eigenvalue weighted by Crippen LogP contribution is 2.30. The number of benzene rings is 2. The summed E-state index contributed by atoms with van der Waals surface area (Å²) in [4.78, 5) is 21.1. The van der Waals surface area contributed by atoms with Gasteiger partial charge in [-0.05, 0) is 55.7 Å². The van der Waals surface area contributed by atoms with Gasteiger partial charge in [-0.15, -0.1) is 0 Å². The predicted molar refractivity (Wildman–Crippen MR) is 122 cm³/mol. The number of carbonyl (C=O) groups is 1. The summed E-state index contributed by atoms with van der Waals surface area (Å²) in [5.41, 5.74) is 7.91. The van der Waals surface area contributed by atoms with Crippen LogP contribution >= 0.6 is 0 Å². The zero-order chi connectivity index (χ0) is 21.3. The van der Waals surface area contributed by atoms with E-state index in [1.165, 1.54) is 11.1 Å². The van der Waals surface area contributed by atoms with Gasteiger partial charge in [0.15, 0.2) is 11.5 Å². The van der Waals surface area contributed by atoms with Crippen LogP contribution in [-0.2, 0) is 0 Å². The molecule has 2 amide bonds. The van der Waals surface area contributed by atoms with Gasteiger partial charge < -0.3 is 16.0 Å². The van der Waals surface area contributed by atoms with Gasteiger partial charge in [-0.3, -0.25) is 4.40 Å². The minimum absolute atomic E-state index is 0.243. The molecule has 0 unspecified atom stereocenters. The van der Waals surface area contributed by atoms with Crippen LogP contribution in [0.1, 0.15) is 24.5 Å². The smallest absolute Gasteiger partial charge is 0.318 e. The van der Waals surface area contributed by atoms with Gasteiger partial charge in [-0.2, -0.15) is 0 Å². The lowest BCUT2D eigenvalue weighted by Crippen LogP contribution is -2.24. The molecule has 2 aromatic carbocycles. The monoisotopic (exact) mass is 402 g/mol. The molecule has 0 aliphatic carbocycles. The highest BCUT2D eigenvalue weighted by atomic mass is 16.2. The zero-order valence-corrected chi connectivity index (χ0v) is 17.7. The summed E-state index contributed by atoms with van der Waals surface area (Å²) in [6.07, 6.45) is 2.89. The van der Waals surface area contributed by atoms with Crippen LogP contribution in [0.2, 0.25) is 0 Å². The molecule has 7 heteroatoms. The van der Waals surface area contributed by atoms with Gasteiger partial charge in [0, 0.05) is 24.8 Å². The second-order valence-corrected chi connectivity index (χ2v) is 7.40. The Morgan fingerprint density at radius 3 is 2.53 bits per heavy atom. The number of urea groups is 1. The van der Waals surface area contributed by atoms with Crippen LogP contribution in [0.25, 0.3) is 27.9 Å². The van der Waals surface area contributed by atoms with Gasteiger partial charge in [-0.25, -0.2) is 14.8 Å². The second-order valence-electron chi connectivity index (χ2n) is 7.40. The lowest BCUT2D eigenvalue weighted by Gasteiger charge is -2.13. The molecule has 0 aliphatic rings. The fourth-order valence-corrected chi connectivity index (χ4v) is 3.47. The number of aryl methyl sites for hydroxylation is 2. The van der Waals surface area contributed by atoms with Gasteiger partial charge in [0.25, 0.3) is 0 Å². The quantitative estimate of drug-likeness (QED) is 0.450. The Hall–Kier alpha value is -3.61. The van der Waals surface area contributed by atoms with Crippen LogP contribution in [0.3, 0.4) is 0 Å². The third-order valence-corrected chi connectivity index (χ3v) is 5.25. The first-order valence-electron chi connectivity index (χ1n) is 10.1. The van der Waals surface area contributed by atoms with E-state index in [-0.39, 0.29) is 6.03 Å². The van der Waals surface area contributed by atoms with Gasteiger partial charge in [0.1, 0.15) is 0 Å². The number of nitrogens with one attached hydrogen (secondary N) is 3. The van der Waals surface area contributed by atoms with Crippen molar-refractivity contribution in [3.63, 3.8) is 0 Å². The van der Waals surface area contributed by atoms with Crippen molar-refractivity contribution < 1.29 is 4.79 Å². The average Bonchev–Trinajstić information content (AvgIpc) is 3.19. The maximum atomic E-state index is 11.5. The molecule has 0 saturated carbocycles. The number of nitrogens with zero attached hydrogens (tertiary/aromatic N) is 3. The number of rotatable bonds is 5. The van der Waals surface area contributed by atoms with E-state index in [1.807, 2.05) is 30.5 Å². The van der Waals surface area contributed by atoms with Crippen molar-refractivity contribution >= 4 is 34.2 Å². The van der Waals surface area contributed by atoms with Gasteiger partial charge in [0.2, 0.25) is 0 Å². The van der Waals surface area contributed by atoms with E-state index in [1.54, 1.807) is 7.05 Å². The maximum absolute atomic E-state index is 11.5. The first-order chi connectivity index (χ1) is 14.5. The summed E-state index contributed by atoms with van der Waals surface area (Å²) >= 11 is 0. The number of anilines is 2. The summed E-state index contributed by atoms with van der Waals surface area (Å²) in [5.74, 6) is 0.789. The van der Waals surface area contributed by atoms with Crippen LogP contribution in [0, 0.1) is 13.8 Å². The topological polar surface area (TPSA) is 83.3 Å². The van der Waals surface area contributed by atoms with Crippen LogP contribution in [-0.4, -0.2) is 34.0 Å². The van der Waals surface area contributed by atoms with Crippen molar-refractivity contribution in [2.75, 3.05) is 24.2 Å². The summed E-state index contributed by atoms with van der Waals surface area (Å²) in [7, 11) is 1.59. The highest BCUT2D eigenvalue weighted by Gasteiger charge is 2.15. The summed E-state index contributed by atoms with van der Waals surface area (Å²) < 4.78 is 2.16. The molecule has 4 rings (SSSR count). The van der Waals surface area contributed by atoms with E-state index in [2.05, 4.69) is 53.3 Å². The van der Waals surface area contributed by atoms with Crippen LogP contribution < -0.4 is 16.0 Å². The van der Waals surface area contributed by atoms with Crippen LogP contribution in [0.5, 0.6) is 0 Å². The average molecular weight is 403 g/mol. The number of amides is 2. The summed E-state index contributed by atoms with van der Waals surface area (Å²) in [5, 5.41) is 8.76. The fourth-order valence-electron chi connectivity index (χ4n) is 3.47. The van der Waals surface area contributed by atoms with Gasteiger partial charge in [0.05, 0.1) is 22.9 Å². The summed E-state index contributed by atoms with van der Waals surface area (Å²) in [6, 6.07) is 11.8. The normalized spacial score (nSPS) is 11.1. The largest absolute Gasteiger partial charge is 0.367 e. The highest BCUT2D eigenvalue weighted by molar-refractivity contribution is 5.90. The first kappa shape index (κ1) is 19.7. The van der Waals surface area contributed by atoms with E-state index in [9.17, 15) is 4.79 Å². The molecule has 3 N–H and O–H groups in total. The summed E-state index contributed by atoms with van der Waals surface area (Å²) in [6.45, 7) is 7.18. The second kappa shape index (κ2) is 8.02. The van der Waals surface area contributed by atoms with E-state index in [4.69, 9.17) is 9.97 Å². The number of fused-ring (bicyclic) bond motifs is 3. The molecule has 0 fully saturated rings. The Morgan fingerprint density at radius 2 is 1.83 bits per heavy atom. The van der Waals surface area contributed by atoms with Crippen molar-refractivity contribution in [2.24, 2.45) is 0 Å². The molecule has 0 spiro atoms. The zero-order valence-electron chi connectivity index (χ0n) is 17.7. The molecule has 0 saturated heterocycles. The molecular weight excluding hydrogens is 376 g/mol. The van der Waals surface area contributed by atoms with Crippen molar-refractivity contribution in [1.29, 1.82) is 0 Å². The lowest BCUT2D eigenvalue weighted by molar-refractivity contribution is 0.254. The Labute approximate surface area is 175 Å². The first-order valence-corrected chi connectivity index (χ1v) is 10.1. The third-order valence-electron chi connectivity index (χ3n) is 5.25. The lowest BCUT2D eigenvalue weighted by atomic mass is 10.1. The van der Waals surface area contributed by atoms with E-state index < -0.39 is 0 Å². The molecular formula is C23H26N6O. The van der Waals surface area contributed by atoms with Crippen molar-refractivity contribution in [3.8, 4) is 11.3 Å². The van der Waals surface area contributed by atoms with Crippen LogP contribution in [0.15, 0.2) is 42.6 Å². The standard InChI is InChI=1S/C23H26N6O/c1-5-10-25-21-22-26-13-20(16-6-8-17(9-7-16)27-23(30)24-4)29(22)19-12-15(3)14(2)11-18(19)28-21/h6-9,11-13H,5,10H2,1-4H3,(H,25,28)(H2,24,27,30). The third kappa shape index (κ3) is 3.54. The minimum Gasteiger partial charge on any atom is -0.367 e. The Bertz CT molecular complexity index is 1230. The van der Waals surface area contributed by atoms with Crippen LogP contribution in [0.4, 0.5) is 16.3 Å². The number of hydrogen-bond acceptors (Lipinski definition) is 4. The Kier molecular flexibility index (Phi) is 5.27. The van der Waals surface area contributed by atoms with Gasteiger partial charge >= 0.3 is 6.03 Å². The SMILES string of the molecule is CCCNc1nc2cc(C)c(C)cc2n2c(-c3ccc(NC(=O)NC)cc3)cnc12. The molecule has 30 heavy (non-hydrogen) atoms. The molecule has 0 aliphatic heterocycles. The predicted octanol–water partition coefficient (Wildman–Crippen LogP) is 4.74. The Balaban J connectivity index is 1.89. The number of imidazole rings is 1. The Morgan fingerprint density at radius 1 is 1.10 bits per heavy atom. The van der Waals surface area contributed by atoms with Crippen molar-refractivity contribution in [3.05, 3.63) is 53.7 Å². The van der Waals surface area contributed by atoms with E-state index >= 15 is 0 Å². The minimum atomic E-state index is -0.243. The van der Waals surface area contributed by atoms with E-state index in [0.29, 0.717) is 0 Å². The molecule has 0 radical (unpaired) electrons. The molecule has 2 aromatic heterocycles. The molecule has 154 valence electrons. The van der Waals surface area contributed by atoms with E-state index in [0.717, 1.165) is 52.4 Å². The fraction of sp³-hybridized carbons (Fsp3) is 0.261. The number of hydrogen-bond donors (Lipinski definition) is 3. The molecule has 0 bridgehead atoms.